The number of amides is 3. The number of hydrogen-bond acceptors (Lipinski definition) is 7. The van der Waals surface area contributed by atoms with Crippen molar-refractivity contribution in [3.8, 4) is 22.6 Å². The molecule has 198 valence electrons. The van der Waals surface area contributed by atoms with E-state index >= 15 is 0 Å². The van der Waals surface area contributed by atoms with Crippen LogP contribution in [-0.2, 0) is 6.54 Å². The van der Waals surface area contributed by atoms with E-state index in [9.17, 15) is 14.7 Å². The van der Waals surface area contributed by atoms with Crippen molar-refractivity contribution in [3.05, 3.63) is 77.9 Å². The van der Waals surface area contributed by atoms with E-state index in [1.54, 1.807) is 34.6 Å². The van der Waals surface area contributed by atoms with Crippen LogP contribution in [0.1, 0.15) is 15.9 Å². The summed E-state index contributed by atoms with van der Waals surface area (Å²) in [5.74, 6) is 0.802. The molecule has 3 amide bonds. The van der Waals surface area contributed by atoms with Crippen molar-refractivity contribution in [3.63, 3.8) is 0 Å². The number of ether oxygens (including phenoxy) is 2. The van der Waals surface area contributed by atoms with Crippen LogP contribution < -0.4 is 19.9 Å². The number of aliphatic hydroxyl groups excluding tert-OH is 1. The molecule has 38 heavy (non-hydrogen) atoms. The fourth-order valence-corrected chi connectivity index (χ4v) is 4.68. The van der Waals surface area contributed by atoms with Crippen LogP contribution >= 0.6 is 0 Å². The fraction of sp³-hybridized carbons (Fsp3) is 0.286. The Bertz CT molecular complexity index is 1290. The van der Waals surface area contributed by atoms with Crippen molar-refractivity contribution in [2.75, 3.05) is 51.0 Å². The minimum atomic E-state index is -0.596. The van der Waals surface area contributed by atoms with Crippen molar-refractivity contribution < 1.29 is 29.4 Å². The number of nitrogens with zero attached hydrogens (tertiary/aromatic N) is 3. The van der Waals surface area contributed by atoms with E-state index in [1.165, 1.54) is 0 Å². The average molecular weight is 519 g/mol. The largest absolute Gasteiger partial charge is 0.454 e. The molecule has 2 aliphatic heterocycles. The number of fused-ring (bicyclic) bond motifs is 1. The van der Waals surface area contributed by atoms with E-state index in [-0.39, 0.29) is 19.4 Å². The molecule has 0 saturated carbocycles. The van der Waals surface area contributed by atoms with Crippen LogP contribution in [0.25, 0.3) is 11.1 Å². The van der Waals surface area contributed by atoms with Gasteiger partial charge in [-0.1, -0.05) is 30.3 Å². The minimum absolute atomic E-state index is 0.0943. The van der Waals surface area contributed by atoms with Crippen LogP contribution in [0.2, 0.25) is 0 Å². The highest BCUT2D eigenvalue weighted by atomic mass is 16.7. The van der Waals surface area contributed by atoms with Gasteiger partial charge in [-0.25, -0.2) is 10.3 Å². The molecule has 0 aliphatic carbocycles. The lowest BCUT2D eigenvalue weighted by molar-refractivity contribution is 0.0706. The van der Waals surface area contributed by atoms with Crippen molar-refractivity contribution in [2.24, 2.45) is 0 Å². The Morgan fingerprint density at radius 3 is 2.37 bits per heavy atom. The first-order valence-corrected chi connectivity index (χ1v) is 12.5. The maximum atomic E-state index is 13.8. The van der Waals surface area contributed by atoms with Gasteiger partial charge in [0.1, 0.15) is 0 Å². The third-order valence-corrected chi connectivity index (χ3v) is 6.81. The topological polar surface area (TPSA) is 115 Å². The Kier molecular flexibility index (Phi) is 7.73. The molecule has 0 spiro atoms. The highest BCUT2D eigenvalue weighted by molar-refractivity contribution is 5.94. The van der Waals surface area contributed by atoms with Gasteiger partial charge in [0.15, 0.2) is 11.5 Å². The smallest absolute Gasteiger partial charge is 0.324 e. The molecule has 3 aromatic rings. The Morgan fingerprint density at radius 1 is 0.895 bits per heavy atom. The summed E-state index contributed by atoms with van der Waals surface area (Å²) in [5.41, 5.74) is 5.40. The van der Waals surface area contributed by atoms with Crippen molar-refractivity contribution in [1.29, 1.82) is 0 Å². The summed E-state index contributed by atoms with van der Waals surface area (Å²) < 4.78 is 11.0. The molecular formula is C28H30N4O6. The number of carbonyl (C=O) groups excluding carboxylic acids is 2. The summed E-state index contributed by atoms with van der Waals surface area (Å²) >= 11 is 0. The summed E-state index contributed by atoms with van der Waals surface area (Å²) in [6, 6.07) is 20.2. The molecular weight excluding hydrogens is 488 g/mol. The molecule has 0 atom stereocenters. The van der Waals surface area contributed by atoms with Gasteiger partial charge in [0.05, 0.1) is 13.2 Å². The summed E-state index contributed by atoms with van der Waals surface area (Å²) in [7, 11) is 0. The van der Waals surface area contributed by atoms with E-state index in [2.05, 4.69) is 4.90 Å². The van der Waals surface area contributed by atoms with E-state index in [0.29, 0.717) is 56.3 Å². The number of hydrogen-bond donors (Lipinski definition) is 3. The Hall–Kier alpha value is -4.12. The number of nitrogens with one attached hydrogen (secondary N) is 1. The molecule has 1 fully saturated rings. The van der Waals surface area contributed by atoms with Gasteiger partial charge in [-0.3, -0.25) is 19.8 Å². The van der Waals surface area contributed by atoms with Gasteiger partial charge in [-0.2, -0.15) is 0 Å². The van der Waals surface area contributed by atoms with E-state index < -0.39 is 5.91 Å². The lowest BCUT2D eigenvalue weighted by Crippen LogP contribution is -2.53. The number of carbonyl (C=O) groups is 2. The predicted octanol–water partition coefficient (Wildman–Crippen LogP) is 2.94. The van der Waals surface area contributed by atoms with Crippen LogP contribution in [0.3, 0.4) is 0 Å². The van der Waals surface area contributed by atoms with Gasteiger partial charge < -0.3 is 19.5 Å². The van der Waals surface area contributed by atoms with Crippen LogP contribution in [0.4, 0.5) is 10.5 Å². The number of benzene rings is 3. The third-order valence-electron chi connectivity index (χ3n) is 6.81. The average Bonchev–Trinajstić information content (AvgIpc) is 3.44. The molecule has 0 bridgehead atoms. The zero-order valence-electron chi connectivity index (χ0n) is 20.9. The summed E-state index contributed by atoms with van der Waals surface area (Å²) in [6.07, 6.45) is 0. The van der Waals surface area contributed by atoms with Gasteiger partial charge in [-0.15, -0.1) is 0 Å². The molecule has 10 nitrogen and oxygen atoms in total. The second-order valence-electron chi connectivity index (χ2n) is 9.18. The van der Waals surface area contributed by atoms with E-state index in [0.717, 1.165) is 22.4 Å². The first-order chi connectivity index (χ1) is 18.6. The Morgan fingerprint density at radius 2 is 1.63 bits per heavy atom. The quantitative estimate of drug-likeness (QED) is 0.325. The molecule has 0 unspecified atom stereocenters. The van der Waals surface area contributed by atoms with Gasteiger partial charge in [-0.05, 0) is 53.1 Å². The van der Waals surface area contributed by atoms with Crippen molar-refractivity contribution >= 4 is 17.6 Å². The second kappa shape index (κ2) is 11.5. The fourth-order valence-electron chi connectivity index (χ4n) is 4.68. The Balaban J connectivity index is 1.43. The SMILES string of the molecule is O=C(NO)c1ccc(CN(C(=O)N2CCN(CCO)CC2)c2cccc(-c3ccc4c(c3)OCO4)c2)cc1. The minimum Gasteiger partial charge on any atom is -0.454 e. The zero-order chi connectivity index (χ0) is 26.5. The normalized spacial score (nSPS) is 14.8. The second-order valence-corrected chi connectivity index (χ2v) is 9.18. The van der Waals surface area contributed by atoms with Gasteiger partial charge in [0.2, 0.25) is 6.79 Å². The molecule has 3 aromatic carbocycles. The molecule has 5 rings (SSSR count). The molecule has 2 aliphatic rings. The zero-order valence-corrected chi connectivity index (χ0v) is 20.9. The summed E-state index contributed by atoms with van der Waals surface area (Å²) in [4.78, 5) is 31.3. The molecule has 10 heteroatoms. The lowest BCUT2D eigenvalue weighted by Gasteiger charge is -2.37. The summed E-state index contributed by atoms with van der Waals surface area (Å²) in [6.45, 7) is 3.70. The molecule has 2 heterocycles. The number of hydroxylamine groups is 1. The van der Waals surface area contributed by atoms with Crippen molar-refractivity contribution in [1.82, 2.24) is 15.3 Å². The van der Waals surface area contributed by atoms with Crippen LogP contribution in [0.15, 0.2) is 66.7 Å². The summed E-state index contributed by atoms with van der Waals surface area (Å²) in [5, 5.41) is 18.2. The predicted molar refractivity (Wildman–Crippen MR) is 140 cm³/mol. The standard InChI is InChI=1S/C28H30N4O6/c33-15-14-30-10-12-31(13-11-30)28(35)32(18-20-4-6-21(7-5-20)27(34)29-36)24-3-1-2-22(16-24)23-8-9-25-26(17-23)38-19-37-25/h1-9,16-17,33,36H,10-15,18-19H2,(H,29,34). The van der Waals surface area contributed by atoms with E-state index in [4.69, 9.17) is 14.7 Å². The van der Waals surface area contributed by atoms with Gasteiger partial charge in [0, 0.05) is 44.0 Å². The Labute approximate surface area is 220 Å². The lowest BCUT2D eigenvalue weighted by atomic mass is 10.0. The number of piperazine rings is 1. The molecule has 0 radical (unpaired) electrons. The highest BCUT2D eigenvalue weighted by Crippen LogP contribution is 2.37. The highest BCUT2D eigenvalue weighted by Gasteiger charge is 2.27. The van der Waals surface area contributed by atoms with Gasteiger partial charge in [0.25, 0.3) is 5.91 Å². The maximum absolute atomic E-state index is 13.8. The maximum Gasteiger partial charge on any atom is 0.324 e. The number of β-amino-alcohol motifs (C(OH)–C–C–N with tert-alkyl or cyclic N) is 1. The van der Waals surface area contributed by atoms with Crippen LogP contribution in [-0.4, -0.2) is 78.2 Å². The number of rotatable bonds is 7. The number of aliphatic hydroxyl groups is 1. The van der Waals surface area contributed by atoms with E-state index in [1.807, 2.05) is 47.4 Å². The molecule has 3 N–H and O–H groups in total. The van der Waals surface area contributed by atoms with Crippen LogP contribution in [0, 0.1) is 0 Å². The van der Waals surface area contributed by atoms with Crippen molar-refractivity contribution in [2.45, 2.75) is 6.54 Å². The van der Waals surface area contributed by atoms with Gasteiger partial charge >= 0.3 is 6.03 Å². The third kappa shape index (κ3) is 5.57. The first-order valence-electron chi connectivity index (χ1n) is 12.5. The molecule has 1 saturated heterocycles. The molecule has 0 aromatic heterocycles. The number of urea groups is 1. The first kappa shape index (κ1) is 25.5. The van der Waals surface area contributed by atoms with Crippen LogP contribution in [0.5, 0.6) is 11.5 Å². The number of anilines is 1. The monoisotopic (exact) mass is 518 g/mol.